The third-order valence-electron chi connectivity index (χ3n) is 10.7. The zero-order chi connectivity index (χ0) is 34.8. The van der Waals surface area contributed by atoms with Gasteiger partial charge in [0, 0.05) is 24.4 Å². The summed E-state index contributed by atoms with van der Waals surface area (Å²) in [6, 6.07) is 16.4. The molecule has 0 aliphatic carbocycles. The van der Waals surface area contributed by atoms with Gasteiger partial charge < -0.3 is 20.1 Å². The lowest BCUT2D eigenvalue weighted by molar-refractivity contribution is -0.133. The van der Waals surface area contributed by atoms with Crippen LogP contribution in [0.5, 0.6) is 5.75 Å². The molecule has 270 valence electrons. The van der Waals surface area contributed by atoms with Crippen molar-refractivity contribution < 1.29 is 14.6 Å². The summed E-state index contributed by atoms with van der Waals surface area (Å²) in [6.45, 7) is 7.99. The molecule has 1 atom stereocenters. The molecule has 2 aromatic carbocycles. The van der Waals surface area contributed by atoms with Crippen molar-refractivity contribution in [3.05, 3.63) is 76.5 Å². The summed E-state index contributed by atoms with van der Waals surface area (Å²) < 4.78 is 5.95. The number of nitrogens with one attached hydrogen (secondary N) is 1. The van der Waals surface area contributed by atoms with Gasteiger partial charge in [-0.1, -0.05) is 126 Å². The first kappa shape index (κ1) is 38.9. The normalized spacial score (nSPS) is 17.4. The van der Waals surface area contributed by atoms with Crippen molar-refractivity contribution >= 4 is 23.3 Å². The number of allylic oxidation sites excluding steroid dienone is 1. The maximum Gasteiger partial charge on any atom is 0.335 e. The van der Waals surface area contributed by atoms with Crippen LogP contribution in [0.1, 0.15) is 139 Å². The Hall–Kier alpha value is -2.90. The minimum Gasteiger partial charge on any atom is -0.496 e. The smallest absolute Gasteiger partial charge is 0.335 e. The SMILES string of the molecule is CCCCCCCCCCCCCCCc1cccc(OC)c1C1C(C(=O)O)=C(C)NC(=S)N1CCC1CCN(Cc2ccccc2)CC1. The van der Waals surface area contributed by atoms with E-state index in [1.54, 1.807) is 7.11 Å². The number of hydrogen-bond donors (Lipinski definition) is 2. The first-order chi connectivity index (χ1) is 23.9. The Morgan fingerprint density at radius 1 is 0.878 bits per heavy atom. The number of benzene rings is 2. The van der Waals surface area contributed by atoms with Crippen LogP contribution in [0.2, 0.25) is 0 Å². The summed E-state index contributed by atoms with van der Waals surface area (Å²) in [6.07, 6.45) is 21.3. The standard InChI is InChI=1S/C42H63N3O3S/c1-4-5-6-7-8-9-10-11-12-13-14-15-19-23-36-24-20-25-37(48-3)39(36)40-38(41(46)47)33(2)43-42(49)45(40)31-28-34-26-29-44(30-27-34)32-35-21-17-16-18-22-35/h16-18,20-22,24-25,34,40H,4-15,19,23,26-32H2,1-3H3,(H,43,49)(H,46,47). The van der Waals surface area contributed by atoms with E-state index in [4.69, 9.17) is 17.0 Å². The van der Waals surface area contributed by atoms with Crippen LogP contribution in [0.3, 0.4) is 0 Å². The molecule has 2 N–H and O–H groups in total. The number of ether oxygens (including phenoxy) is 1. The molecular weight excluding hydrogens is 627 g/mol. The number of aliphatic carboxylic acids is 1. The summed E-state index contributed by atoms with van der Waals surface area (Å²) in [5.41, 5.74) is 4.47. The molecule has 0 spiro atoms. The number of piperidine rings is 1. The summed E-state index contributed by atoms with van der Waals surface area (Å²) in [5.74, 6) is 0.417. The maximum absolute atomic E-state index is 12.9. The second kappa shape index (κ2) is 21.3. The molecular formula is C42H63N3O3S. The molecule has 7 heteroatoms. The molecule has 1 saturated heterocycles. The average Bonchev–Trinajstić information content (AvgIpc) is 3.10. The number of carboxylic acid groups (broad SMARTS) is 1. The first-order valence-corrected chi connectivity index (χ1v) is 19.8. The van der Waals surface area contributed by atoms with Gasteiger partial charge in [0.2, 0.25) is 0 Å². The number of rotatable bonds is 22. The molecule has 1 unspecified atom stereocenters. The van der Waals surface area contributed by atoms with Crippen molar-refractivity contribution in [2.24, 2.45) is 5.92 Å². The van der Waals surface area contributed by atoms with E-state index in [1.807, 2.05) is 19.1 Å². The van der Waals surface area contributed by atoms with E-state index in [2.05, 4.69) is 58.4 Å². The highest BCUT2D eigenvalue weighted by Crippen LogP contribution is 2.41. The van der Waals surface area contributed by atoms with E-state index in [9.17, 15) is 9.90 Å². The van der Waals surface area contributed by atoms with E-state index in [1.165, 1.54) is 88.2 Å². The Kier molecular flexibility index (Phi) is 16.9. The van der Waals surface area contributed by atoms with Crippen LogP contribution in [-0.4, -0.2) is 52.7 Å². The van der Waals surface area contributed by atoms with Gasteiger partial charge in [0.25, 0.3) is 0 Å². The third kappa shape index (κ3) is 12.1. The molecule has 0 amide bonds. The van der Waals surface area contributed by atoms with Gasteiger partial charge in [-0.25, -0.2) is 4.79 Å². The fourth-order valence-electron chi connectivity index (χ4n) is 7.81. The highest BCUT2D eigenvalue weighted by atomic mass is 32.1. The van der Waals surface area contributed by atoms with Gasteiger partial charge in [0.1, 0.15) is 5.75 Å². The molecule has 2 heterocycles. The van der Waals surface area contributed by atoms with Crippen LogP contribution in [-0.2, 0) is 17.8 Å². The highest BCUT2D eigenvalue weighted by Gasteiger charge is 2.39. The number of nitrogens with zero attached hydrogens (tertiary/aromatic N) is 2. The molecule has 2 aliphatic heterocycles. The second-order valence-electron chi connectivity index (χ2n) is 14.4. The molecule has 2 aliphatic rings. The Labute approximate surface area is 302 Å². The minimum absolute atomic E-state index is 0.363. The van der Waals surface area contributed by atoms with Crippen LogP contribution in [0.25, 0.3) is 0 Å². The number of unbranched alkanes of at least 4 members (excludes halogenated alkanes) is 12. The number of carbonyl (C=O) groups is 1. The molecule has 0 radical (unpaired) electrons. The number of aryl methyl sites for hydroxylation is 1. The molecule has 0 bridgehead atoms. The van der Waals surface area contributed by atoms with E-state index < -0.39 is 12.0 Å². The van der Waals surface area contributed by atoms with Crippen LogP contribution >= 0.6 is 12.2 Å². The largest absolute Gasteiger partial charge is 0.496 e. The average molecular weight is 690 g/mol. The monoisotopic (exact) mass is 689 g/mol. The molecule has 0 saturated carbocycles. The molecule has 6 nitrogen and oxygen atoms in total. The van der Waals surface area contributed by atoms with Crippen molar-refractivity contribution in [3.63, 3.8) is 0 Å². The van der Waals surface area contributed by atoms with E-state index >= 15 is 0 Å². The summed E-state index contributed by atoms with van der Waals surface area (Å²) in [5, 5.41) is 14.4. The van der Waals surface area contributed by atoms with Crippen molar-refractivity contribution in [3.8, 4) is 5.75 Å². The van der Waals surface area contributed by atoms with E-state index in [-0.39, 0.29) is 0 Å². The first-order valence-electron chi connectivity index (χ1n) is 19.4. The number of thiocarbonyl (C=S) groups is 1. The second-order valence-corrected chi connectivity index (χ2v) is 14.8. The lowest BCUT2D eigenvalue weighted by Gasteiger charge is -2.41. The Bertz CT molecular complexity index is 1320. The fraction of sp³-hybridized carbons (Fsp3) is 0.619. The van der Waals surface area contributed by atoms with E-state index in [0.29, 0.717) is 28.8 Å². The molecule has 4 rings (SSSR count). The number of methoxy groups -OCH3 is 1. The van der Waals surface area contributed by atoms with Crippen molar-refractivity contribution in [2.45, 2.75) is 136 Å². The van der Waals surface area contributed by atoms with Gasteiger partial charge in [-0.2, -0.15) is 0 Å². The third-order valence-corrected chi connectivity index (χ3v) is 11.0. The van der Waals surface area contributed by atoms with Crippen LogP contribution in [0.4, 0.5) is 0 Å². The minimum atomic E-state index is -0.908. The Morgan fingerprint density at radius 3 is 2.08 bits per heavy atom. The van der Waals surface area contributed by atoms with Crippen molar-refractivity contribution in [2.75, 3.05) is 26.7 Å². The maximum atomic E-state index is 12.9. The van der Waals surface area contributed by atoms with E-state index in [0.717, 1.165) is 63.1 Å². The zero-order valence-corrected chi connectivity index (χ0v) is 31.5. The van der Waals surface area contributed by atoms with Crippen LogP contribution in [0.15, 0.2) is 59.8 Å². The lowest BCUT2D eigenvalue weighted by atomic mass is 9.87. The van der Waals surface area contributed by atoms with Gasteiger partial charge in [-0.3, -0.25) is 4.90 Å². The fourth-order valence-corrected chi connectivity index (χ4v) is 8.16. The van der Waals surface area contributed by atoms with Gasteiger partial charge >= 0.3 is 5.97 Å². The molecule has 2 aromatic rings. The van der Waals surface area contributed by atoms with Crippen molar-refractivity contribution in [1.29, 1.82) is 0 Å². The van der Waals surface area contributed by atoms with Crippen LogP contribution in [0, 0.1) is 5.92 Å². The van der Waals surface area contributed by atoms with Gasteiger partial charge in [-0.05, 0) is 87.4 Å². The topological polar surface area (TPSA) is 65.0 Å². The van der Waals surface area contributed by atoms with Gasteiger partial charge in [-0.15, -0.1) is 0 Å². The summed E-state index contributed by atoms with van der Waals surface area (Å²) >= 11 is 5.94. The number of hydrogen-bond acceptors (Lipinski definition) is 4. The lowest BCUT2D eigenvalue weighted by Crippen LogP contribution is -2.49. The summed E-state index contributed by atoms with van der Waals surface area (Å²) in [7, 11) is 1.69. The predicted molar refractivity (Wildman–Crippen MR) is 207 cm³/mol. The quantitative estimate of drug-likeness (QED) is 0.0942. The molecule has 0 aromatic heterocycles. The predicted octanol–water partition coefficient (Wildman–Crippen LogP) is 10.2. The van der Waals surface area contributed by atoms with Gasteiger partial charge in [0.15, 0.2) is 5.11 Å². The summed E-state index contributed by atoms with van der Waals surface area (Å²) in [4.78, 5) is 17.6. The Balaban J connectivity index is 1.35. The Morgan fingerprint density at radius 2 is 1.49 bits per heavy atom. The van der Waals surface area contributed by atoms with Gasteiger partial charge in [0.05, 0.1) is 18.7 Å². The van der Waals surface area contributed by atoms with Crippen LogP contribution < -0.4 is 10.1 Å². The zero-order valence-electron chi connectivity index (χ0n) is 30.7. The number of likely N-dealkylation sites (tertiary alicyclic amines) is 1. The molecule has 1 fully saturated rings. The van der Waals surface area contributed by atoms with Crippen molar-refractivity contribution in [1.82, 2.24) is 15.1 Å². The number of carboxylic acids is 1. The molecule has 49 heavy (non-hydrogen) atoms. The highest BCUT2D eigenvalue weighted by molar-refractivity contribution is 7.80.